The first-order chi connectivity index (χ1) is 7.65. The topological polar surface area (TPSA) is 15.3 Å². The lowest BCUT2D eigenvalue weighted by Gasteiger charge is -2.32. The van der Waals surface area contributed by atoms with Gasteiger partial charge in [0.15, 0.2) is 0 Å². The molecule has 0 heterocycles. The minimum Gasteiger partial charge on any atom is -0.320 e. The quantitative estimate of drug-likeness (QED) is 0.578. The molecule has 16 heavy (non-hydrogen) atoms. The zero-order valence-corrected chi connectivity index (χ0v) is 12.1. The Kier molecular flexibility index (Phi) is 10.0. The highest BCUT2D eigenvalue weighted by molar-refractivity contribution is 4.70. The van der Waals surface area contributed by atoms with E-state index in [0.717, 1.165) is 18.5 Å². The first-order valence-corrected chi connectivity index (χ1v) is 7.04. The molecule has 98 valence electrons. The summed E-state index contributed by atoms with van der Waals surface area (Å²) < 4.78 is 0. The molecule has 0 spiro atoms. The number of nitrogens with zero attached hydrogens (tertiary/aromatic N) is 1. The van der Waals surface area contributed by atoms with Crippen molar-refractivity contribution in [3.05, 3.63) is 0 Å². The predicted molar refractivity (Wildman–Crippen MR) is 73.9 cm³/mol. The minimum atomic E-state index is 0.782. The molecule has 0 saturated carbocycles. The van der Waals surface area contributed by atoms with E-state index in [2.05, 4.69) is 37.9 Å². The van der Waals surface area contributed by atoms with Crippen LogP contribution in [0.3, 0.4) is 0 Å². The minimum absolute atomic E-state index is 0.782. The largest absolute Gasteiger partial charge is 0.320 e. The molecule has 0 aromatic heterocycles. The number of hydrogen-bond donors (Lipinski definition) is 1. The molecule has 0 rings (SSSR count). The van der Waals surface area contributed by atoms with Crippen LogP contribution >= 0.6 is 0 Å². The Bertz CT molecular complexity index is 142. The molecule has 0 aromatic rings. The van der Waals surface area contributed by atoms with Gasteiger partial charge in [-0.15, -0.1) is 0 Å². The summed E-state index contributed by atoms with van der Waals surface area (Å²) in [6.45, 7) is 13.0. The summed E-state index contributed by atoms with van der Waals surface area (Å²) in [4.78, 5) is 2.69. The molecule has 0 unspecified atom stereocenters. The highest BCUT2D eigenvalue weighted by Crippen LogP contribution is 2.12. The van der Waals surface area contributed by atoms with Crippen LogP contribution in [0.4, 0.5) is 0 Å². The third-order valence-electron chi connectivity index (χ3n) is 3.18. The maximum atomic E-state index is 3.22. The molecule has 2 heteroatoms. The summed E-state index contributed by atoms with van der Waals surface area (Å²) in [5.41, 5.74) is 0. The van der Waals surface area contributed by atoms with Crippen LogP contribution in [0.5, 0.6) is 0 Å². The lowest BCUT2D eigenvalue weighted by atomic mass is 10.1. The number of rotatable bonds is 10. The summed E-state index contributed by atoms with van der Waals surface area (Å²) in [6.07, 6.45) is 5.19. The SMILES string of the molecule is CCC(CC)N(CCCCNC)CC(C)C. The van der Waals surface area contributed by atoms with Gasteiger partial charge in [0, 0.05) is 12.6 Å². The zero-order valence-electron chi connectivity index (χ0n) is 12.1. The molecule has 0 amide bonds. The van der Waals surface area contributed by atoms with Crippen LogP contribution in [0.25, 0.3) is 0 Å². The Morgan fingerprint density at radius 2 is 1.69 bits per heavy atom. The van der Waals surface area contributed by atoms with Gasteiger partial charge in [0.1, 0.15) is 0 Å². The van der Waals surface area contributed by atoms with Crippen LogP contribution in [0, 0.1) is 5.92 Å². The van der Waals surface area contributed by atoms with Gasteiger partial charge >= 0.3 is 0 Å². The standard InChI is InChI=1S/C14H32N2/c1-6-14(7-2)16(12-13(3)4)11-9-8-10-15-5/h13-15H,6-12H2,1-5H3. The normalized spacial score (nSPS) is 12.0. The van der Waals surface area contributed by atoms with Crippen molar-refractivity contribution in [2.45, 2.75) is 59.4 Å². The molecular weight excluding hydrogens is 196 g/mol. The smallest absolute Gasteiger partial charge is 0.00901 e. The van der Waals surface area contributed by atoms with E-state index in [9.17, 15) is 0 Å². The zero-order chi connectivity index (χ0) is 12.4. The Labute approximate surface area is 103 Å². The van der Waals surface area contributed by atoms with Crippen LogP contribution in [0.15, 0.2) is 0 Å². The molecule has 1 N–H and O–H groups in total. The number of hydrogen-bond acceptors (Lipinski definition) is 2. The fourth-order valence-electron chi connectivity index (χ4n) is 2.31. The Balaban J connectivity index is 3.98. The van der Waals surface area contributed by atoms with Gasteiger partial charge in [-0.05, 0) is 51.7 Å². The van der Waals surface area contributed by atoms with E-state index in [-0.39, 0.29) is 0 Å². The fourth-order valence-corrected chi connectivity index (χ4v) is 2.31. The van der Waals surface area contributed by atoms with Crippen molar-refractivity contribution in [3.63, 3.8) is 0 Å². The Hall–Kier alpha value is -0.0800. The molecule has 0 saturated heterocycles. The maximum absolute atomic E-state index is 3.22. The molecule has 0 aromatic carbocycles. The molecule has 0 radical (unpaired) electrons. The molecule has 0 bridgehead atoms. The first kappa shape index (κ1) is 15.9. The van der Waals surface area contributed by atoms with E-state index in [1.807, 2.05) is 7.05 Å². The molecule has 0 aliphatic heterocycles. The molecule has 0 aliphatic rings. The van der Waals surface area contributed by atoms with Crippen LogP contribution in [-0.4, -0.2) is 37.6 Å². The van der Waals surface area contributed by atoms with E-state index < -0.39 is 0 Å². The van der Waals surface area contributed by atoms with Crippen LogP contribution < -0.4 is 5.32 Å². The number of unbranched alkanes of at least 4 members (excludes halogenated alkanes) is 1. The lowest BCUT2D eigenvalue weighted by Crippen LogP contribution is -2.38. The molecule has 0 aliphatic carbocycles. The van der Waals surface area contributed by atoms with Crippen LogP contribution in [0.2, 0.25) is 0 Å². The van der Waals surface area contributed by atoms with Crippen LogP contribution in [-0.2, 0) is 0 Å². The van der Waals surface area contributed by atoms with E-state index in [4.69, 9.17) is 0 Å². The molecule has 0 atom stereocenters. The van der Waals surface area contributed by atoms with Gasteiger partial charge in [-0.2, -0.15) is 0 Å². The highest BCUT2D eigenvalue weighted by Gasteiger charge is 2.15. The number of nitrogens with one attached hydrogen (secondary N) is 1. The lowest BCUT2D eigenvalue weighted by molar-refractivity contribution is 0.163. The molecule has 0 fully saturated rings. The average molecular weight is 228 g/mol. The first-order valence-electron chi connectivity index (χ1n) is 7.04. The van der Waals surface area contributed by atoms with E-state index in [1.54, 1.807) is 0 Å². The Morgan fingerprint density at radius 3 is 2.12 bits per heavy atom. The molecule has 2 nitrogen and oxygen atoms in total. The second kappa shape index (κ2) is 10.1. The second-order valence-corrected chi connectivity index (χ2v) is 5.17. The van der Waals surface area contributed by atoms with Crippen LogP contribution in [0.1, 0.15) is 53.4 Å². The van der Waals surface area contributed by atoms with Crippen molar-refractivity contribution in [3.8, 4) is 0 Å². The van der Waals surface area contributed by atoms with E-state index in [1.165, 1.54) is 38.8 Å². The third-order valence-corrected chi connectivity index (χ3v) is 3.18. The van der Waals surface area contributed by atoms with Gasteiger partial charge in [0.2, 0.25) is 0 Å². The van der Waals surface area contributed by atoms with Gasteiger partial charge < -0.3 is 10.2 Å². The van der Waals surface area contributed by atoms with Gasteiger partial charge in [-0.25, -0.2) is 0 Å². The van der Waals surface area contributed by atoms with E-state index >= 15 is 0 Å². The van der Waals surface area contributed by atoms with Gasteiger partial charge in [-0.1, -0.05) is 27.7 Å². The summed E-state index contributed by atoms with van der Waals surface area (Å²) in [5.74, 6) is 0.782. The summed E-state index contributed by atoms with van der Waals surface area (Å²) in [6, 6.07) is 0.789. The van der Waals surface area contributed by atoms with Crippen molar-refractivity contribution in [2.24, 2.45) is 5.92 Å². The van der Waals surface area contributed by atoms with Gasteiger partial charge in [0.05, 0.1) is 0 Å². The molecular formula is C14H32N2. The third kappa shape index (κ3) is 7.24. The predicted octanol–water partition coefficient (Wildman–Crippen LogP) is 3.13. The monoisotopic (exact) mass is 228 g/mol. The van der Waals surface area contributed by atoms with E-state index in [0.29, 0.717) is 0 Å². The van der Waals surface area contributed by atoms with Crippen molar-refractivity contribution in [2.75, 3.05) is 26.7 Å². The average Bonchev–Trinajstić information content (AvgIpc) is 2.25. The van der Waals surface area contributed by atoms with Crippen molar-refractivity contribution in [1.82, 2.24) is 10.2 Å². The van der Waals surface area contributed by atoms with Gasteiger partial charge in [-0.3, -0.25) is 0 Å². The van der Waals surface area contributed by atoms with Crippen molar-refractivity contribution >= 4 is 0 Å². The maximum Gasteiger partial charge on any atom is 0.00901 e. The van der Waals surface area contributed by atoms with Crippen molar-refractivity contribution < 1.29 is 0 Å². The summed E-state index contributed by atoms with van der Waals surface area (Å²) in [5, 5.41) is 3.22. The second-order valence-electron chi connectivity index (χ2n) is 5.17. The summed E-state index contributed by atoms with van der Waals surface area (Å²) in [7, 11) is 2.03. The summed E-state index contributed by atoms with van der Waals surface area (Å²) >= 11 is 0. The van der Waals surface area contributed by atoms with Gasteiger partial charge in [0.25, 0.3) is 0 Å². The van der Waals surface area contributed by atoms with Crippen molar-refractivity contribution in [1.29, 1.82) is 0 Å². The fraction of sp³-hybridized carbons (Fsp3) is 1.00. The highest BCUT2D eigenvalue weighted by atomic mass is 15.1. The Morgan fingerprint density at radius 1 is 1.06 bits per heavy atom.